The van der Waals surface area contributed by atoms with Gasteiger partial charge in [-0.1, -0.05) is 16.8 Å². The number of amides is 1. The zero-order valence-electron chi connectivity index (χ0n) is 15.9. The zero-order valence-corrected chi connectivity index (χ0v) is 16.7. The highest BCUT2D eigenvalue weighted by Crippen LogP contribution is 2.37. The summed E-state index contributed by atoms with van der Waals surface area (Å²) >= 11 is 6.23. The summed E-state index contributed by atoms with van der Waals surface area (Å²) in [5.41, 5.74) is 0.609. The van der Waals surface area contributed by atoms with Crippen LogP contribution in [0.2, 0.25) is 5.02 Å². The summed E-state index contributed by atoms with van der Waals surface area (Å²) in [5.74, 6) is 0.447. The first kappa shape index (κ1) is 21.3. The number of hydrogen-bond donors (Lipinski definition) is 1. The Morgan fingerprint density at radius 2 is 2.07 bits per heavy atom. The lowest BCUT2D eigenvalue weighted by molar-refractivity contribution is -0.142. The van der Waals surface area contributed by atoms with Crippen molar-refractivity contribution < 1.29 is 28.3 Å². The number of carbonyl (C=O) groups is 2. The van der Waals surface area contributed by atoms with E-state index in [9.17, 15) is 9.59 Å². The van der Waals surface area contributed by atoms with Crippen molar-refractivity contribution >= 4 is 35.4 Å². The fraction of sp³-hybridized carbons (Fsp3) is 0.316. The number of anilines is 1. The second-order valence-electron chi connectivity index (χ2n) is 6.01. The standard InChI is InChI=1S/C19H21ClN2O6/c1-11(2)27-19-14(20)8-13(9-15(19)25-4)5-6-18(24)26-10-17(23)21-16-7-12(3)28-22-16/h5-9,11H,10H2,1-4H3,(H,21,22,23)/b6-5+. The lowest BCUT2D eigenvalue weighted by Crippen LogP contribution is -2.20. The van der Waals surface area contributed by atoms with Gasteiger partial charge in [0.15, 0.2) is 23.9 Å². The first-order chi connectivity index (χ1) is 13.3. The van der Waals surface area contributed by atoms with Crippen LogP contribution in [0.4, 0.5) is 5.82 Å². The average molecular weight is 409 g/mol. The molecule has 0 aliphatic rings. The smallest absolute Gasteiger partial charge is 0.331 e. The molecule has 0 atom stereocenters. The van der Waals surface area contributed by atoms with E-state index in [2.05, 4.69) is 10.5 Å². The Hall–Kier alpha value is -3.00. The Labute approximate surface area is 167 Å². The van der Waals surface area contributed by atoms with Crippen molar-refractivity contribution in [3.05, 3.63) is 40.6 Å². The molecule has 8 nitrogen and oxygen atoms in total. The predicted molar refractivity (Wildman–Crippen MR) is 104 cm³/mol. The van der Waals surface area contributed by atoms with E-state index in [0.29, 0.717) is 27.8 Å². The second kappa shape index (κ2) is 9.80. The zero-order chi connectivity index (χ0) is 20.7. The van der Waals surface area contributed by atoms with E-state index in [0.717, 1.165) is 0 Å². The van der Waals surface area contributed by atoms with Crippen LogP contribution in [0.15, 0.2) is 28.8 Å². The number of nitrogens with one attached hydrogen (secondary N) is 1. The molecule has 0 aliphatic carbocycles. The Balaban J connectivity index is 1.94. The van der Waals surface area contributed by atoms with E-state index in [4.69, 9.17) is 30.3 Å². The Kier molecular flexibility index (Phi) is 7.45. The van der Waals surface area contributed by atoms with Gasteiger partial charge in [-0.05, 0) is 44.5 Å². The minimum atomic E-state index is -0.691. The normalized spacial score (nSPS) is 10.9. The Bertz CT molecular complexity index is 875. The summed E-state index contributed by atoms with van der Waals surface area (Å²) in [6, 6.07) is 4.85. The van der Waals surface area contributed by atoms with E-state index < -0.39 is 18.5 Å². The molecular weight excluding hydrogens is 388 g/mol. The number of esters is 1. The van der Waals surface area contributed by atoms with Gasteiger partial charge in [-0.15, -0.1) is 0 Å². The number of halogens is 1. The molecule has 0 spiro atoms. The maximum atomic E-state index is 11.8. The summed E-state index contributed by atoms with van der Waals surface area (Å²) in [4.78, 5) is 23.5. The van der Waals surface area contributed by atoms with E-state index in [1.165, 1.54) is 19.3 Å². The van der Waals surface area contributed by atoms with E-state index in [1.54, 1.807) is 25.1 Å². The highest BCUT2D eigenvalue weighted by molar-refractivity contribution is 6.32. The number of ether oxygens (including phenoxy) is 3. The summed E-state index contributed by atoms with van der Waals surface area (Å²) in [7, 11) is 1.50. The van der Waals surface area contributed by atoms with E-state index >= 15 is 0 Å². The molecule has 0 unspecified atom stereocenters. The number of rotatable bonds is 8. The quantitative estimate of drug-likeness (QED) is 0.525. The second-order valence-corrected chi connectivity index (χ2v) is 6.42. The van der Waals surface area contributed by atoms with E-state index in [-0.39, 0.29) is 11.9 Å². The van der Waals surface area contributed by atoms with Crippen molar-refractivity contribution in [3.8, 4) is 11.5 Å². The number of methoxy groups -OCH3 is 1. The molecule has 1 heterocycles. The minimum absolute atomic E-state index is 0.0740. The molecule has 0 saturated heterocycles. The molecule has 2 aromatic rings. The number of hydrogen-bond acceptors (Lipinski definition) is 7. The van der Waals surface area contributed by atoms with Gasteiger partial charge >= 0.3 is 5.97 Å². The highest BCUT2D eigenvalue weighted by atomic mass is 35.5. The number of carbonyl (C=O) groups excluding carboxylic acids is 2. The molecule has 9 heteroatoms. The van der Waals surface area contributed by atoms with Crippen LogP contribution < -0.4 is 14.8 Å². The molecule has 0 saturated carbocycles. The topological polar surface area (TPSA) is 99.9 Å². The third-order valence-electron chi connectivity index (χ3n) is 3.26. The van der Waals surface area contributed by atoms with Crippen LogP contribution in [0.3, 0.4) is 0 Å². The number of aryl methyl sites for hydroxylation is 1. The van der Waals surface area contributed by atoms with Crippen LogP contribution in [0.1, 0.15) is 25.2 Å². The van der Waals surface area contributed by atoms with Crippen molar-refractivity contribution in [1.82, 2.24) is 5.16 Å². The lowest BCUT2D eigenvalue weighted by Gasteiger charge is -2.15. The van der Waals surface area contributed by atoms with Crippen molar-refractivity contribution in [2.75, 3.05) is 19.0 Å². The maximum absolute atomic E-state index is 11.8. The van der Waals surface area contributed by atoms with E-state index in [1.807, 2.05) is 13.8 Å². The average Bonchev–Trinajstić information content (AvgIpc) is 3.04. The van der Waals surface area contributed by atoms with Crippen LogP contribution in [0, 0.1) is 6.92 Å². The first-order valence-electron chi connectivity index (χ1n) is 8.40. The third-order valence-corrected chi connectivity index (χ3v) is 3.54. The van der Waals surface area contributed by atoms with Crippen molar-refractivity contribution in [1.29, 1.82) is 0 Å². The fourth-order valence-corrected chi connectivity index (χ4v) is 2.40. The maximum Gasteiger partial charge on any atom is 0.331 e. The fourth-order valence-electron chi connectivity index (χ4n) is 2.14. The molecule has 0 bridgehead atoms. The van der Waals surface area contributed by atoms with Crippen molar-refractivity contribution in [2.45, 2.75) is 26.9 Å². The molecule has 1 amide bonds. The van der Waals surface area contributed by atoms with Gasteiger partial charge in [-0.3, -0.25) is 4.79 Å². The molecule has 0 aliphatic heterocycles. The van der Waals surface area contributed by atoms with Gasteiger partial charge in [0, 0.05) is 12.1 Å². The van der Waals surface area contributed by atoms with Crippen LogP contribution in [0.5, 0.6) is 11.5 Å². The number of nitrogens with zero attached hydrogens (tertiary/aromatic N) is 1. The van der Waals surface area contributed by atoms with Gasteiger partial charge in [0.05, 0.1) is 18.2 Å². The first-order valence-corrected chi connectivity index (χ1v) is 8.78. The van der Waals surface area contributed by atoms with Crippen LogP contribution >= 0.6 is 11.6 Å². The Morgan fingerprint density at radius 3 is 2.68 bits per heavy atom. The van der Waals surface area contributed by atoms with Gasteiger partial charge in [-0.2, -0.15) is 0 Å². The highest BCUT2D eigenvalue weighted by Gasteiger charge is 2.13. The monoisotopic (exact) mass is 408 g/mol. The summed E-state index contributed by atoms with van der Waals surface area (Å²) in [5, 5.41) is 6.41. The number of benzene rings is 1. The molecular formula is C19H21ClN2O6. The van der Waals surface area contributed by atoms with Crippen LogP contribution in [-0.2, 0) is 14.3 Å². The molecule has 1 aromatic heterocycles. The van der Waals surface area contributed by atoms with Gasteiger partial charge in [0.25, 0.3) is 5.91 Å². The molecule has 0 radical (unpaired) electrons. The summed E-state index contributed by atoms with van der Waals surface area (Å²) in [6.07, 6.45) is 2.60. The SMILES string of the molecule is COc1cc(/C=C/C(=O)OCC(=O)Nc2cc(C)on2)cc(Cl)c1OC(C)C. The number of aromatic nitrogens is 1. The van der Waals surface area contributed by atoms with Crippen LogP contribution in [0.25, 0.3) is 6.08 Å². The van der Waals surface area contributed by atoms with Gasteiger partial charge in [0.2, 0.25) is 0 Å². The summed E-state index contributed by atoms with van der Waals surface area (Å²) < 4.78 is 20.6. The van der Waals surface area contributed by atoms with Gasteiger partial charge in [-0.25, -0.2) is 4.79 Å². The van der Waals surface area contributed by atoms with Gasteiger partial charge in [0.1, 0.15) is 5.76 Å². The van der Waals surface area contributed by atoms with Crippen molar-refractivity contribution in [2.24, 2.45) is 0 Å². The largest absolute Gasteiger partial charge is 0.493 e. The van der Waals surface area contributed by atoms with Gasteiger partial charge < -0.3 is 24.1 Å². The third kappa shape index (κ3) is 6.31. The summed E-state index contributed by atoms with van der Waals surface area (Å²) in [6.45, 7) is 4.98. The predicted octanol–water partition coefficient (Wildman–Crippen LogP) is 3.63. The molecule has 150 valence electrons. The molecule has 2 rings (SSSR count). The molecule has 1 aromatic carbocycles. The van der Waals surface area contributed by atoms with Crippen LogP contribution in [-0.4, -0.2) is 36.9 Å². The van der Waals surface area contributed by atoms with Crippen molar-refractivity contribution in [3.63, 3.8) is 0 Å². The Morgan fingerprint density at radius 1 is 1.32 bits per heavy atom. The molecule has 0 fully saturated rings. The lowest BCUT2D eigenvalue weighted by atomic mass is 10.2. The molecule has 1 N–H and O–H groups in total. The molecule has 28 heavy (non-hydrogen) atoms. The minimum Gasteiger partial charge on any atom is -0.493 e.